The van der Waals surface area contributed by atoms with Crippen molar-refractivity contribution in [1.82, 2.24) is 4.98 Å². The number of nitrogens with one attached hydrogen (secondary N) is 1. The monoisotopic (exact) mass is 239 g/mol. The van der Waals surface area contributed by atoms with Gasteiger partial charge in [-0.1, -0.05) is 24.3 Å². The number of fused-ring (bicyclic) bond motifs is 1. The van der Waals surface area contributed by atoms with Gasteiger partial charge >= 0.3 is 0 Å². The largest absolute Gasteiger partial charge is 0.361 e. The highest BCUT2D eigenvalue weighted by molar-refractivity contribution is 5.95. The standard InChI is InChI=1S/C14H13NO.C2H4/c16-11-7-5-10(6-8-11)13-9-15-14-4-2-1-3-12(13)14;1-2/h1-5,9,15H,6-8H2;1-2H2. The molecule has 0 amide bonds. The average molecular weight is 239 g/mol. The van der Waals surface area contributed by atoms with E-state index >= 15 is 0 Å². The van der Waals surface area contributed by atoms with Gasteiger partial charge in [0.15, 0.2) is 0 Å². The van der Waals surface area contributed by atoms with Crippen LogP contribution in [0.4, 0.5) is 0 Å². The van der Waals surface area contributed by atoms with Gasteiger partial charge in [0.1, 0.15) is 5.78 Å². The topological polar surface area (TPSA) is 32.9 Å². The maximum atomic E-state index is 11.2. The first-order valence-corrected chi connectivity index (χ1v) is 6.12. The molecule has 2 aromatic rings. The van der Waals surface area contributed by atoms with E-state index in [4.69, 9.17) is 0 Å². The second kappa shape index (κ2) is 5.50. The summed E-state index contributed by atoms with van der Waals surface area (Å²) in [6.45, 7) is 6.00. The zero-order chi connectivity index (χ0) is 13.0. The number of Topliss-reactive ketones (excluding diaryl/α,β-unsaturated/α-hetero) is 1. The summed E-state index contributed by atoms with van der Waals surface area (Å²) in [5.41, 5.74) is 3.72. The molecule has 0 radical (unpaired) electrons. The van der Waals surface area contributed by atoms with E-state index in [0.717, 1.165) is 11.9 Å². The third-order valence-electron chi connectivity index (χ3n) is 3.18. The lowest BCUT2D eigenvalue weighted by Gasteiger charge is -2.11. The summed E-state index contributed by atoms with van der Waals surface area (Å²) < 4.78 is 0. The van der Waals surface area contributed by atoms with Crippen LogP contribution in [0.5, 0.6) is 0 Å². The number of H-pyrrole nitrogens is 1. The lowest BCUT2D eigenvalue weighted by atomic mass is 9.93. The second-order valence-electron chi connectivity index (χ2n) is 4.22. The SMILES string of the molecule is C=C.O=C1CC=C(c2c[nH]c3ccccc23)CC1. The number of hydrogen-bond donors (Lipinski definition) is 1. The van der Waals surface area contributed by atoms with E-state index in [-0.39, 0.29) is 0 Å². The van der Waals surface area contributed by atoms with Crippen LogP contribution in [0.3, 0.4) is 0 Å². The number of allylic oxidation sites excluding steroid dienone is 2. The van der Waals surface area contributed by atoms with Crippen molar-refractivity contribution in [2.24, 2.45) is 0 Å². The smallest absolute Gasteiger partial charge is 0.137 e. The Hall–Kier alpha value is -2.09. The molecule has 0 saturated carbocycles. The fourth-order valence-electron chi connectivity index (χ4n) is 2.30. The van der Waals surface area contributed by atoms with Crippen LogP contribution in [0.15, 0.2) is 49.7 Å². The van der Waals surface area contributed by atoms with Gasteiger partial charge in [0.25, 0.3) is 0 Å². The zero-order valence-electron chi connectivity index (χ0n) is 10.4. The number of rotatable bonds is 1. The van der Waals surface area contributed by atoms with Crippen molar-refractivity contribution >= 4 is 22.3 Å². The molecule has 0 aliphatic heterocycles. The third-order valence-corrected chi connectivity index (χ3v) is 3.18. The summed E-state index contributed by atoms with van der Waals surface area (Å²) >= 11 is 0. The van der Waals surface area contributed by atoms with Gasteiger partial charge in [-0.2, -0.15) is 0 Å². The van der Waals surface area contributed by atoms with Gasteiger partial charge in [-0.15, -0.1) is 13.2 Å². The molecule has 1 N–H and O–H groups in total. The first-order chi connectivity index (χ1) is 8.84. The Bertz CT molecular complexity index is 592. The summed E-state index contributed by atoms with van der Waals surface area (Å²) in [4.78, 5) is 14.5. The molecule has 1 aromatic heterocycles. The molecule has 2 nitrogen and oxygen atoms in total. The van der Waals surface area contributed by atoms with Crippen molar-refractivity contribution in [3.63, 3.8) is 0 Å². The second-order valence-corrected chi connectivity index (χ2v) is 4.22. The molecule has 1 aliphatic rings. The molecule has 3 rings (SSSR count). The summed E-state index contributed by atoms with van der Waals surface area (Å²) in [7, 11) is 0. The van der Waals surface area contributed by atoms with Gasteiger partial charge in [-0.05, 0) is 18.1 Å². The van der Waals surface area contributed by atoms with Crippen LogP contribution in [-0.2, 0) is 4.79 Å². The molecule has 92 valence electrons. The van der Waals surface area contributed by atoms with E-state index in [1.54, 1.807) is 0 Å². The molecule has 18 heavy (non-hydrogen) atoms. The Morgan fingerprint density at radius 1 is 1.11 bits per heavy atom. The molecule has 2 heteroatoms. The molecule has 1 heterocycles. The summed E-state index contributed by atoms with van der Waals surface area (Å²) in [6, 6.07) is 8.28. The molecule has 0 unspecified atom stereocenters. The first kappa shape index (κ1) is 12.4. The van der Waals surface area contributed by atoms with Crippen LogP contribution in [-0.4, -0.2) is 10.8 Å². The summed E-state index contributed by atoms with van der Waals surface area (Å²) in [5.74, 6) is 0.351. The van der Waals surface area contributed by atoms with Crippen molar-refractivity contribution < 1.29 is 4.79 Å². The van der Waals surface area contributed by atoms with Crippen molar-refractivity contribution in [1.29, 1.82) is 0 Å². The van der Waals surface area contributed by atoms with E-state index in [0.29, 0.717) is 18.6 Å². The summed E-state index contributed by atoms with van der Waals surface area (Å²) in [6.07, 6.45) is 6.27. The fraction of sp³-hybridized carbons (Fsp3) is 0.188. The van der Waals surface area contributed by atoms with Crippen molar-refractivity contribution in [3.8, 4) is 0 Å². The molecule has 1 aliphatic carbocycles. The van der Waals surface area contributed by atoms with E-state index in [9.17, 15) is 4.79 Å². The number of benzene rings is 1. The lowest BCUT2D eigenvalue weighted by Crippen LogP contribution is -2.02. The minimum absolute atomic E-state index is 0.351. The molecule has 1 aromatic carbocycles. The number of para-hydroxylation sites is 1. The van der Waals surface area contributed by atoms with Crippen molar-refractivity contribution in [2.45, 2.75) is 19.3 Å². The average Bonchev–Trinajstić information content (AvgIpc) is 2.86. The van der Waals surface area contributed by atoms with Gasteiger partial charge in [-0.3, -0.25) is 4.79 Å². The van der Waals surface area contributed by atoms with Gasteiger partial charge in [-0.25, -0.2) is 0 Å². The van der Waals surface area contributed by atoms with Gasteiger partial charge in [0.05, 0.1) is 0 Å². The van der Waals surface area contributed by atoms with Crippen LogP contribution >= 0.6 is 0 Å². The lowest BCUT2D eigenvalue weighted by molar-refractivity contribution is -0.118. The zero-order valence-corrected chi connectivity index (χ0v) is 10.4. The van der Waals surface area contributed by atoms with E-state index in [2.05, 4.69) is 36.4 Å². The number of carbonyl (C=O) groups excluding carboxylic acids is 1. The normalized spacial score (nSPS) is 14.9. The van der Waals surface area contributed by atoms with Gasteiger partial charge < -0.3 is 4.98 Å². The number of hydrogen-bond acceptors (Lipinski definition) is 1. The van der Waals surface area contributed by atoms with Gasteiger partial charge in [0.2, 0.25) is 0 Å². The Labute approximate surface area is 107 Å². The molecule has 0 saturated heterocycles. The fourth-order valence-corrected chi connectivity index (χ4v) is 2.30. The number of aromatic nitrogens is 1. The minimum atomic E-state index is 0.351. The van der Waals surface area contributed by atoms with Crippen LogP contribution < -0.4 is 0 Å². The van der Waals surface area contributed by atoms with Crippen molar-refractivity contribution in [3.05, 3.63) is 55.3 Å². The van der Waals surface area contributed by atoms with Gasteiger partial charge in [0, 0.05) is 35.5 Å². The van der Waals surface area contributed by atoms with Crippen LogP contribution in [0.25, 0.3) is 16.5 Å². The summed E-state index contributed by atoms with van der Waals surface area (Å²) in [5, 5.41) is 1.25. The molecular weight excluding hydrogens is 222 g/mol. The Kier molecular flexibility index (Phi) is 3.78. The molecular formula is C16H17NO. The van der Waals surface area contributed by atoms with E-state index < -0.39 is 0 Å². The number of ketones is 1. The molecule has 0 atom stereocenters. The maximum Gasteiger partial charge on any atom is 0.137 e. The van der Waals surface area contributed by atoms with Crippen LogP contribution in [0, 0.1) is 0 Å². The molecule has 0 spiro atoms. The quantitative estimate of drug-likeness (QED) is 0.746. The molecule has 0 fully saturated rings. The Balaban J connectivity index is 0.000000574. The first-order valence-electron chi connectivity index (χ1n) is 6.12. The van der Waals surface area contributed by atoms with E-state index in [1.807, 2.05) is 18.3 Å². The number of aromatic amines is 1. The predicted molar refractivity (Wildman–Crippen MR) is 76.4 cm³/mol. The van der Waals surface area contributed by atoms with Crippen molar-refractivity contribution in [2.75, 3.05) is 0 Å². The van der Waals surface area contributed by atoms with E-state index in [1.165, 1.54) is 16.5 Å². The third kappa shape index (κ3) is 2.28. The molecule has 0 bridgehead atoms. The minimum Gasteiger partial charge on any atom is -0.361 e. The maximum absolute atomic E-state index is 11.2. The van der Waals surface area contributed by atoms with Crippen LogP contribution in [0.1, 0.15) is 24.8 Å². The highest BCUT2D eigenvalue weighted by Crippen LogP contribution is 2.30. The van der Waals surface area contributed by atoms with Crippen LogP contribution in [0.2, 0.25) is 0 Å². The Morgan fingerprint density at radius 3 is 2.61 bits per heavy atom. The Morgan fingerprint density at radius 2 is 1.89 bits per heavy atom. The highest BCUT2D eigenvalue weighted by atomic mass is 16.1. The number of carbonyl (C=O) groups is 1. The predicted octanol–water partition coefficient (Wildman–Crippen LogP) is 4.11. The highest BCUT2D eigenvalue weighted by Gasteiger charge is 2.14.